The van der Waals surface area contributed by atoms with Crippen LogP contribution in [0, 0.1) is 5.92 Å². The van der Waals surface area contributed by atoms with E-state index in [0.717, 1.165) is 25.6 Å². The Hall–Kier alpha value is -0.610. The van der Waals surface area contributed by atoms with Crippen LogP contribution < -0.4 is 0 Å². The van der Waals surface area contributed by atoms with Crippen LogP contribution in [0.1, 0.15) is 46.0 Å². The van der Waals surface area contributed by atoms with Gasteiger partial charge in [0.15, 0.2) is 0 Å². The third-order valence-electron chi connectivity index (χ3n) is 4.72. The molecule has 0 aromatic carbocycles. The smallest absolute Gasteiger partial charge is 0.222 e. The second-order valence-electron chi connectivity index (χ2n) is 6.13. The van der Waals surface area contributed by atoms with E-state index in [9.17, 15) is 4.79 Å². The summed E-state index contributed by atoms with van der Waals surface area (Å²) in [4.78, 5) is 16.3. The monoisotopic (exact) mass is 282 g/mol. The van der Waals surface area contributed by atoms with E-state index in [1.165, 1.54) is 45.3 Å². The summed E-state index contributed by atoms with van der Waals surface area (Å²) in [5.74, 6) is 1.10. The van der Waals surface area contributed by atoms with Crippen LogP contribution in [0.5, 0.6) is 0 Å². The minimum absolute atomic E-state index is 0.320. The minimum Gasteiger partial charge on any atom is -0.378 e. The topological polar surface area (TPSA) is 32.8 Å². The zero-order chi connectivity index (χ0) is 14.4. The standard InChI is InChI=1S/C16H30N2O2/c1-3-16(19)18-11-5-14(6-12-18)13-17-9-7-15(8-10-17)20-4-2/h14-15H,3-13H2,1-2H3. The van der Waals surface area contributed by atoms with Crippen molar-refractivity contribution < 1.29 is 9.53 Å². The van der Waals surface area contributed by atoms with Crippen LogP contribution >= 0.6 is 0 Å². The first-order chi connectivity index (χ1) is 9.72. The molecule has 2 rings (SSSR count). The molecule has 4 nitrogen and oxygen atoms in total. The molecule has 116 valence electrons. The van der Waals surface area contributed by atoms with Crippen molar-refractivity contribution in [2.24, 2.45) is 5.92 Å². The molecule has 1 amide bonds. The first-order valence-corrected chi connectivity index (χ1v) is 8.34. The van der Waals surface area contributed by atoms with Crippen molar-refractivity contribution in [3.8, 4) is 0 Å². The minimum atomic E-state index is 0.320. The van der Waals surface area contributed by atoms with Crippen molar-refractivity contribution in [1.82, 2.24) is 9.80 Å². The maximum Gasteiger partial charge on any atom is 0.222 e. The number of likely N-dealkylation sites (tertiary alicyclic amines) is 2. The molecule has 0 atom stereocenters. The molecular formula is C16H30N2O2. The number of ether oxygens (including phenoxy) is 1. The molecule has 2 saturated heterocycles. The van der Waals surface area contributed by atoms with Gasteiger partial charge in [-0.1, -0.05) is 6.92 Å². The number of hydrogen-bond acceptors (Lipinski definition) is 3. The Balaban J connectivity index is 1.65. The van der Waals surface area contributed by atoms with Crippen molar-refractivity contribution in [2.75, 3.05) is 39.3 Å². The largest absolute Gasteiger partial charge is 0.378 e. The van der Waals surface area contributed by atoms with Crippen LogP contribution in [0.3, 0.4) is 0 Å². The molecule has 0 aromatic heterocycles. The zero-order valence-electron chi connectivity index (χ0n) is 13.1. The van der Waals surface area contributed by atoms with Crippen LogP contribution in [0.2, 0.25) is 0 Å². The molecule has 0 N–H and O–H groups in total. The highest BCUT2D eigenvalue weighted by Gasteiger charge is 2.25. The number of piperidine rings is 2. The molecule has 2 heterocycles. The number of rotatable bonds is 5. The maximum atomic E-state index is 11.7. The fourth-order valence-electron chi connectivity index (χ4n) is 3.45. The Morgan fingerprint density at radius 2 is 1.70 bits per heavy atom. The molecule has 0 radical (unpaired) electrons. The van der Waals surface area contributed by atoms with Crippen LogP contribution in [-0.2, 0) is 9.53 Å². The summed E-state index contributed by atoms with van der Waals surface area (Å²) < 4.78 is 5.70. The van der Waals surface area contributed by atoms with E-state index < -0.39 is 0 Å². The summed E-state index contributed by atoms with van der Waals surface area (Å²) in [6.45, 7) is 10.4. The molecule has 0 aliphatic carbocycles. The van der Waals surface area contributed by atoms with Crippen LogP contribution in [0.15, 0.2) is 0 Å². The Morgan fingerprint density at radius 3 is 2.25 bits per heavy atom. The quantitative estimate of drug-likeness (QED) is 0.774. The summed E-state index contributed by atoms with van der Waals surface area (Å²) >= 11 is 0. The van der Waals surface area contributed by atoms with Gasteiger partial charge in [0.25, 0.3) is 0 Å². The Bertz CT molecular complexity index is 293. The molecule has 0 unspecified atom stereocenters. The molecular weight excluding hydrogens is 252 g/mol. The van der Waals surface area contributed by atoms with Gasteiger partial charge in [-0.25, -0.2) is 0 Å². The van der Waals surface area contributed by atoms with Gasteiger partial charge >= 0.3 is 0 Å². The third-order valence-corrected chi connectivity index (χ3v) is 4.72. The number of nitrogens with zero attached hydrogens (tertiary/aromatic N) is 2. The van der Waals surface area contributed by atoms with Gasteiger partial charge in [0.1, 0.15) is 0 Å². The third kappa shape index (κ3) is 4.45. The van der Waals surface area contributed by atoms with E-state index >= 15 is 0 Å². The summed E-state index contributed by atoms with van der Waals surface area (Å²) in [6.07, 6.45) is 5.85. The SMILES string of the molecule is CCOC1CCN(CC2CCN(C(=O)CC)CC2)CC1. The highest BCUT2D eigenvalue weighted by Crippen LogP contribution is 2.21. The number of carbonyl (C=O) groups is 1. The van der Waals surface area contributed by atoms with Gasteiger partial charge in [-0.05, 0) is 38.5 Å². The molecule has 2 aliphatic heterocycles. The van der Waals surface area contributed by atoms with Gasteiger partial charge in [0.2, 0.25) is 5.91 Å². The Labute approximate surface area is 123 Å². The van der Waals surface area contributed by atoms with Gasteiger partial charge in [0.05, 0.1) is 6.10 Å². The summed E-state index contributed by atoms with van der Waals surface area (Å²) in [5, 5.41) is 0. The van der Waals surface area contributed by atoms with E-state index in [4.69, 9.17) is 4.74 Å². The lowest BCUT2D eigenvalue weighted by Crippen LogP contribution is -2.44. The first-order valence-electron chi connectivity index (χ1n) is 8.34. The molecule has 2 fully saturated rings. The zero-order valence-corrected chi connectivity index (χ0v) is 13.1. The van der Waals surface area contributed by atoms with Crippen LogP contribution in [-0.4, -0.2) is 61.1 Å². The van der Waals surface area contributed by atoms with Gasteiger partial charge in [-0.3, -0.25) is 4.79 Å². The Morgan fingerprint density at radius 1 is 1.05 bits per heavy atom. The van der Waals surface area contributed by atoms with Crippen LogP contribution in [0.25, 0.3) is 0 Å². The molecule has 0 spiro atoms. The second kappa shape index (κ2) is 7.99. The van der Waals surface area contributed by atoms with Crippen molar-refractivity contribution in [3.05, 3.63) is 0 Å². The predicted molar refractivity (Wildman–Crippen MR) is 80.7 cm³/mol. The average molecular weight is 282 g/mol. The lowest BCUT2D eigenvalue weighted by atomic mass is 9.95. The van der Waals surface area contributed by atoms with Crippen molar-refractivity contribution >= 4 is 5.91 Å². The van der Waals surface area contributed by atoms with Crippen molar-refractivity contribution in [2.45, 2.75) is 52.1 Å². The average Bonchev–Trinajstić information content (AvgIpc) is 2.49. The van der Waals surface area contributed by atoms with E-state index in [2.05, 4.69) is 11.8 Å². The van der Waals surface area contributed by atoms with Gasteiger partial charge < -0.3 is 14.5 Å². The molecule has 2 aliphatic rings. The molecule has 0 bridgehead atoms. The maximum absolute atomic E-state index is 11.7. The van der Waals surface area contributed by atoms with E-state index in [-0.39, 0.29) is 0 Å². The highest BCUT2D eigenvalue weighted by atomic mass is 16.5. The molecule has 4 heteroatoms. The van der Waals surface area contributed by atoms with Crippen LogP contribution in [0.4, 0.5) is 0 Å². The van der Waals surface area contributed by atoms with Crippen molar-refractivity contribution in [3.63, 3.8) is 0 Å². The van der Waals surface area contributed by atoms with Crippen molar-refractivity contribution in [1.29, 1.82) is 0 Å². The summed E-state index contributed by atoms with van der Waals surface area (Å²) in [5.41, 5.74) is 0. The summed E-state index contributed by atoms with van der Waals surface area (Å²) in [7, 11) is 0. The van der Waals surface area contributed by atoms with Gasteiger partial charge in [-0.15, -0.1) is 0 Å². The number of hydrogen-bond donors (Lipinski definition) is 0. The van der Waals surface area contributed by atoms with E-state index in [0.29, 0.717) is 18.4 Å². The van der Waals surface area contributed by atoms with E-state index in [1.807, 2.05) is 11.8 Å². The molecule has 0 saturated carbocycles. The summed E-state index contributed by atoms with van der Waals surface area (Å²) in [6, 6.07) is 0. The highest BCUT2D eigenvalue weighted by molar-refractivity contribution is 5.75. The van der Waals surface area contributed by atoms with Gasteiger partial charge in [0, 0.05) is 45.8 Å². The number of carbonyl (C=O) groups excluding carboxylic acids is 1. The number of amides is 1. The Kier molecular flexibility index (Phi) is 6.30. The lowest BCUT2D eigenvalue weighted by Gasteiger charge is -2.37. The lowest BCUT2D eigenvalue weighted by molar-refractivity contribution is -0.132. The normalized spacial score (nSPS) is 23.2. The fourth-order valence-corrected chi connectivity index (χ4v) is 3.45. The van der Waals surface area contributed by atoms with Gasteiger partial charge in [-0.2, -0.15) is 0 Å². The predicted octanol–water partition coefficient (Wildman–Crippen LogP) is 2.14. The molecule has 20 heavy (non-hydrogen) atoms. The fraction of sp³-hybridized carbons (Fsp3) is 0.938. The molecule has 0 aromatic rings. The first kappa shape index (κ1) is 15.8. The second-order valence-corrected chi connectivity index (χ2v) is 6.13. The van der Waals surface area contributed by atoms with E-state index in [1.54, 1.807) is 0 Å².